The van der Waals surface area contributed by atoms with Gasteiger partial charge >= 0.3 is 0 Å². The highest BCUT2D eigenvalue weighted by molar-refractivity contribution is 7.89. The summed E-state index contributed by atoms with van der Waals surface area (Å²) in [6.45, 7) is 2.52. The number of nitrogens with two attached hydrogens (primary N) is 1. The molecule has 2 N–H and O–H groups in total. The van der Waals surface area contributed by atoms with Gasteiger partial charge in [-0.1, -0.05) is 18.3 Å². The van der Waals surface area contributed by atoms with Crippen LogP contribution < -0.4 is 5.73 Å². The summed E-state index contributed by atoms with van der Waals surface area (Å²) in [6.07, 6.45) is -0.208. The molecule has 0 radical (unpaired) electrons. The monoisotopic (exact) mass is 318 g/mol. The average molecular weight is 318 g/mol. The third-order valence-electron chi connectivity index (χ3n) is 3.04. The Morgan fingerprint density at radius 2 is 2.25 bits per heavy atom. The third-order valence-corrected chi connectivity index (χ3v) is 5.16. The standard InChI is InChI=1S/C12H15FN2O3S2/c1-8-7-15(5-6-18-8)20(16,17)10-4-2-3-9(13)11(10)12(14)19/h2-4,8H,5-7H2,1H3,(H2,14,19). The molecule has 1 aliphatic heterocycles. The molecule has 110 valence electrons. The summed E-state index contributed by atoms with van der Waals surface area (Å²) in [5.41, 5.74) is 5.22. The molecule has 1 atom stereocenters. The van der Waals surface area contributed by atoms with Crippen LogP contribution in [0.15, 0.2) is 23.1 Å². The van der Waals surface area contributed by atoms with E-state index < -0.39 is 15.8 Å². The van der Waals surface area contributed by atoms with Crippen LogP contribution in [0.5, 0.6) is 0 Å². The molecule has 0 aliphatic carbocycles. The Balaban J connectivity index is 2.49. The van der Waals surface area contributed by atoms with E-state index in [-0.39, 0.29) is 34.6 Å². The molecular formula is C12H15FN2O3S2. The molecule has 0 spiro atoms. The summed E-state index contributed by atoms with van der Waals surface area (Å²) in [6, 6.07) is 3.77. The minimum Gasteiger partial charge on any atom is -0.389 e. The van der Waals surface area contributed by atoms with E-state index in [1.54, 1.807) is 6.92 Å². The van der Waals surface area contributed by atoms with Crippen molar-refractivity contribution in [1.29, 1.82) is 0 Å². The highest BCUT2D eigenvalue weighted by Gasteiger charge is 2.32. The average Bonchev–Trinajstić information content (AvgIpc) is 2.38. The number of halogens is 1. The van der Waals surface area contributed by atoms with Crippen molar-refractivity contribution in [2.45, 2.75) is 17.9 Å². The van der Waals surface area contributed by atoms with Gasteiger partial charge in [0, 0.05) is 13.1 Å². The Morgan fingerprint density at radius 3 is 2.85 bits per heavy atom. The smallest absolute Gasteiger partial charge is 0.244 e. The number of nitrogens with zero attached hydrogens (tertiary/aromatic N) is 1. The topological polar surface area (TPSA) is 72.6 Å². The Hall–Kier alpha value is -1.09. The fourth-order valence-electron chi connectivity index (χ4n) is 2.10. The molecule has 0 saturated carbocycles. The Morgan fingerprint density at radius 1 is 1.55 bits per heavy atom. The lowest BCUT2D eigenvalue weighted by atomic mass is 10.2. The van der Waals surface area contributed by atoms with Gasteiger partial charge in [0.25, 0.3) is 0 Å². The lowest BCUT2D eigenvalue weighted by molar-refractivity contribution is 0.0102. The predicted molar refractivity (Wildman–Crippen MR) is 76.5 cm³/mol. The molecular weight excluding hydrogens is 303 g/mol. The fourth-order valence-corrected chi connectivity index (χ4v) is 4.09. The molecule has 5 nitrogen and oxygen atoms in total. The zero-order valence-corrected chi connectivity index (χ0v) is 12.5. The molecule has 0 bridgehead atoms. The molecule has 1 aromatic rings. The Bertz CT molecular complexity index is 634. The van der Waals surface area contributed by atoms with Crippen LogP contribution in [0, 0.1) is 5.82 Å². The molecule has 1 saturated heterocycles. The first-order chi connectivity index (χ1) is 9.34. The number of morpholine rings is 1. The van der Waals surface area contributed by atoms with Gasteiger partial charge in [0.2, 0.25) is 10.0 Å². The normalized spacial score (nSPS) is 20.8. The van der Waals surface area contributed by atoms with Crippen LogP contribution >= 0.6 is 12.2 Å². The largest absolute Gasteiger partial charge is 0.389 e. The summed E-state index contributed by atoms with van der Waals surface area (Å²) < 4.78 is 45.6. The maximum atomic E-state index is 13.8. The zero-order chi connectivity index (χ0) is 14.9. The minimum atomic E-state index is -3.85. The van der Waals surface area contributed by atoms with E-state index in [0.29, 0.717) is 6.61 Å². The third kappa shape index (κ3) is 2.83. The molecule has 2 rings (SSSR count). The fraction of sp³-hybridized carbons (Fsp3) is 0.417. The maximum absolute atomic E-state index is 13.8. The zero-order valence-electron chi connectivity index (χ0n) is 10.9. The number of ether oxygens (including phenoxy) is 1. The van der Waals surface area contributed by atoms with Gasteiger partial charge in [0.1, 0.15) is 10.8 Å². The van der Waals surface area contributed by atoms with Crippen molar-refractivity contribution in [2.75, 3.05) is 19.7 Å². The van der Waals surface area contributed by atoms with Crippen molar-refractivity contribution >= 4 is 27.2 Å². The van der Waals surface area contributed by atoms with E-state index in [1.807, 2.05) is 0 Å². The second kappa shape index (κ2) is 5.72. The molecule has 8 heteroatoms. The molecule has 20 heavy (non-hydrogen) atoms. The lowest BCUT2D eigenvalue weighted by Gasteiger charge is -2.30. The first-order valence-corrected chi connectivity index (χ1v) is 7.89. The highest BCUT2D eigenvalue weighted by atomic mass is 32.2. The van der Waals surface area contributed by atoms with E-state index in [1.165, 1.54) is 16.4 Å². The second-order valence-electron chi connectivity index (χ2n) is 4.52. The summed E-state index contributed by atoms with van der Waals surface area (Å²) in [4.78, 5) is -0.470. The van der Waals surface area contributed by atoms with E-state index in [2.05, 4.69) is 0 Å². The first-order valence-electron chi connectivity index (χ1n) is 6.04. The molecule has 1 aromatic carbocycles. The van der Waals surface area contributed by atoms with Crippen molar-refractivity contribution in [3.8, 4) is 0 Å². The predicted octanol–water partition coefficient (Wildman–Crippen LogP) is 0.869. The van der Waals surface area contributed by atoms with Crippen LogP contribution in [-0.4, -0.2) is 43.5 Å². The Kier molecular flexibility index (Phi) is 4.38. The van der Waals surface area contributed by atoms with Crippen LogP contribution in [-0.2, 0) is 14.8 Å². The van der Waals surface area contributed by atoms with E-state index >= 15 is 0 Å². The molecule has 0 aromatic heterocycles. The minimum absolute atomic E-state index is 0.195. The van der Waals surface area contributed by atoms with E-state index in [4.69, 9.17) is 22.7 Å². The SMILES string of the molecule is CC1CN(S(=O)(=O)c2cccc(F)c2C(N)=S)CCO1. The second-order valence-corrected chi connectivity index (χ2v) is 6.87. The molecule has 1 heterocycles. The van der Waals surface area contributed by atoms with Crippen LogP contribution in [0.4, 0.5) is 4.39 Å². The van der Waals surface area contributed by atoms with Gasteiger partial charge in [-0.05, 0) is 19.1 Å². The van der Waals surface area contributed by atoms with Crippen molar-refractivity contribution in [2.24, 2.45) is 5.73 Å². The van der Waals surface area contributed by atoms with Crippen LogP contribution in [0.3, 0.4) is 0 Å². The molecule has 1 aliphatic rings. The van der Waals surface area contributed by atoms with Crippen molar-refractivity contribution < 1.29 is 17.5 Å². The number of hydrogen-bond donors (Lipinski definition) is 1. The van der Waals surface area contributed by atoms with Gasteiger partial charge in [-0.25, -0.2) is 12.8 Å². The van der Waals surface area contributed by atoms with Gasteiger partial charge in [-0.2, -0.15) is 4.31 Å². The summed E-state index contributed by atoms with van der Waals surface area (Å²) >= 11 is 4.76. The number of benzene rings is 1. The maximum Gasteiger partial charge on any atom is 0.244 e. The van der Waals surface area contributed by atoms with Crippen LogP contribution in [0.25, 0.3) is 0 Å². The van der Waals surface area contributed by atoms with Gasteiger partial charge in [-0.15, -0.1) is 0 Å². The van der Waals surface area contributed by atoms with Crippen LogP contribution in [0.2, 0.25) is 0 Å². The number of hydrogen-bond acceptors (Lipinski definition) is 4. The summed E-state index contributed by atoms with van der Waals surface area (Å²) in [5, 5.41) is 0. The van der Waals surface area contributed by atoms with Gasteiger partial charge in [0.05, 0.1) is 23.2 Å². The summed E-state index contributed by atoms with van der Waals surface area (Å²) in [7, 11) is -3.85. The van der Waals surface area contributed by atoms with Crippen LogP contribution in [0.1, 0.15) is 12.5 Å². The quantitative estimate of drug-likeness (QED) is 0.837. The lowest BCUT2D eigenvalue weighted by Crippen LogP contribution is -2.44. The van der Waals surface area contributed by atoms with Gasteiger partial charge < -0.3 is 10.5 Å². The number of sulfonamides is 1. The first kappa shape index (κ1) is 15.3. The molecule has 1 unspecified atom stereocenters. The van der Waals surface area contributed by atoms with E-state index in [9.17, 15) is 12.8 Å². The number of thiocarbonyl (C=S) groups is 1. The number of rotatable bonds is 3. The van der Waals surface area contributed by atoms with Crippen molar-refractivity contribution in [3.05, 3.63) is 29.6 Å². The summed E-state index contributed by atoms with van der Waals surface area (Å²) in [5.74, 6) is -0.736. The highest BCUT2D eigenvalue weighted by Crippen LogP contribution is 2.24. The van der Waals surface area contributed by atoms with Crippen molar-refractivity contribution in [3.63, 3.8) is 0 Å². The van der Waals surface area contributed by atoms with Gasteiger partial charge in [-0.3, -0.25) is 0 Å². The van der Waals surface area contributed by atoms with Crippen molar-refractivity contribution in [1.82, 2.24) is 4.31 Å². The Labute approximate surface area is 122 Å². The molecule has 1 fully saturated rings. The van der Waals surface area contributed by atoms with E-state index in [0.717, 1.165) is 6.07 Å². The molecule has 0 amide bonds. The van der Waals surface area contributed by atoms with Gasteiger partial charge in [0.15, 0.2) is 0 Å².